The first kappa shape index (κ1) is 20.6. The average Bonchev–Trinajstić information content (AvgIpc) is 2.68. The minimum atomic E-state index is -0.497. The maximum Gasteiger partial charge on any atom is 0.293 e. The van der Waals surface area contributed by atoms with E-state index < -0.39 is 10.8 Å². The van der Waals surface area contributed by atoms with Crippen molar-refractivity contribution in [3.63, 3.8) is 0 Å². The molecule has 30 heavy (non-hydrogen) atoms. The lowest BCUT2D eigenvalue weighted by Crippen LogP contribution is -2.40. The minimum Gasteiger partial charge on any atom is -0.294 e. The fraction of sp³-hybridized carbons (Fsp3) is 0.273. The molecule has 0 spiro atoms. The number of nitrogens with zero attached hydrogens (tertiary/aromatic N) is 2. The van der Waals surface area contributed by atoms with Gasteiger partial charge in [-0.1, -0.05) is 35.3 Å². The SMILES string of the molecule is Cc1ccc(N2C(=O)CC(c3ccc(Cl)cc3Cl)C3=C2CCCC3=O)c([N+](=O)[O-])c1. The van der Waals surface area contributed by atoms with Gasteiger partial charge in [-0.3, -0.25) is 24.6 Å². The molecular formula is C22H18Cl2N2O4. The van der Waals surface area contributed by atoms with Crippen LogP contribution in [0.2, 0.25) is 10.0 Å². The van der Waals surface area contributed by atoms with Crippen molar-refractivity contribution in [1.82, 2.24) is 0 Å². The van der Waals surface area contributed by atoms with Gasteiger partial charge in [-0.25, -0.2) is 0 Å². The summed E-state index contributed by atoms with van der Waals surface area (Å²) in [6.45, 7) is 1.75. The first-order valence-corrected chi connectivity index (χ1v) is 10.3. The fourth-order valence-corrected chi connectivity index (χ4v) is 4.83. The highest BCUT2D eigenvalue weighted by molar-refractivity contribution is 6.35. The van der Waals surface area contributed by atoms with E-state index in [1.165, 1.54) is 11.0 Å². The van der Waals surface area contributed by atoms with Gasteiger partial charge in [-0.15, -0.1) is 0 Å². The smallest absolute Gasteiger partial charge is 0.293 e. The lowest BCUT2D eigenvalue weighted by atomic mass is 9.77. The Hall–Kier alpha value is -2.70. The van der Waals surface area contributed by atoms with Crippen LogP contribution in [0.15, 0.2) is 47.7 Å². The molecule has 2 aromatic rings. The number of halogens is 2. The maximum atomic E-state index is 13.3. The van der Waals surface area contributed by atoms with E-state index >= 15 is 0 Å². The number of anilines is 1. The molecule has 8 heteroatoms. The predicted molar refractivity (Wildman–Crippen MR) is 115 cm³/mol. The van der Waals surface area contributed by atoms with Crippen molar-refractivity contribution in [2.24, 2.45) is 0 Å². The van der Waals surface area contributed by atoms with Gasteiger partial charge in [-0.05, 0) is 49.1 Å². The second kappa shape index (κ2) is 7.85. The van der Waals surface area contributed by atoms with Crippen molar-refractivity contribution in [1.29, 1.82) is 0 Å². The number of nitro benzene ring substituents is 1. The van der Waals surface area contributed by atoms with Gasteiger partial charge < -0.3 is 0 Å². The number of ketones is 1. The normalized spacial score (nSPS) is 19.2. The van der Waals surface area contributed by atoms with E-state index in [0.29, 0.717) is 46.1 Å². The molecule has 2 aromatic carbocycles. The summed E-state index contributed by atoms with van der Waals surface area (Å²) < 4.78 is 0. The summed E-state index contributed by atoms with van der Waals surface area (Å²) >= 11 is 12.4. The van der Waals surface area contributed by atoms with Crippen molar-refractivity contribution in [3.8, 4) is 0 Å². The van der Waals surface area contributed by atoms with E-state index in [1.807, 2.05) is 0 Å². The number of allylic oxidation sites excluding steroid dienone is 2. The number of aryl methyl sites for hydroxylation is 1. The van der Waals surface area contributed by atoms with E-state index in [9.17, 15) is 19.7 Å². The summed E-state index contributed by atoms with van der Waals surface area (Å²) in [5, 5.41) is 12.5. The molecule has 1 amide bonds. The van der Waals surface area contributed by atoms with E-state index in [1.54, 1.807) is 37.3 Å². The Balaban J connectivity index is 1.92. The van der Waals surface area contributed by atoms with Crippen LogP contribution in [0, 0.1) is 17.0 Å². The monoisotopic (exact) mass is 444 g/mol. The Morgan fingerprint density at radius 1 is 1.10 bits per heavy atom. The van der Waals surface area contributed by atoms with Crippen LogP contribution in [0.25, 0.3) is 0 Å². The zero-order chi connectivity index (χ0) is 21.6. The molecule has 0 saturated heterocycles. The van der Waals surface area contributed by atoms with Crippen LogP contribution in [0.3, 0.4) is 0 Å². The molecule has 0 N–H and O–H groups in total. The Labute approximate surface area is 183 Å². The lowest BCUT2D eigenvalue weighted by Gasteiger charge is -2.38. The lowest BCUT2D eigenvalue weighted by molar-refractivity contribution is -0.384. The highest BCUT2D eigenvalue weighted by Gasteiger charge is 2.42. The standard InChI is InChI=1S/C22H18Cl2N2O4/c1-12-5-8-17(19(9-12)26(29)30)25-18-3-2-4-20(27)22(18)15(11-21(25)28)14-7-6-13(23)10-16(14)24/h5-10,15H,2-4,11H2,1H3. The van der Waals surface area contributed by atoms with Crippen LogP contribution in [-0.4, -0.2) is 16.6 Å². The van der Waals surface area contributed by atoms with Crippen molar-refractivity contribution in [2.75, 3.05) is 4.90 Å². The summed E-state index contributed by atoms with van der Waals surface area (Å²) in [5.74, 6) is -0.850. The summed E-state index contributed by atoms with van der Waals surface area (Å²) in [5.41, 5.74) is 2.46. The molecule has 0 fully saturated rings. The van der Waals surface area contributed by atoms with Crippen molar-refractivity contribution in [3.05, 3.63) is 79.0 Å². The van der Waals surface area contributed by atoms with E-state index in [2.05, 4.69) is 0 Å². The van der Waals surface area contributed by atoms with Crippen molar-refractivity contribution < 1.29 is 14.5 Å². The Morgan fingerprint density at radius 2 is 1.87 bits per heavy atom. The molecule has 0 aromatic heterocycles. The Bertz CT molecular complexity index is 1130. The van der Waals surface area contributed by atoms with Crippen molar-refractivity contribution >= 4 is 46.3 Å². The van der Waals surface area contributed by atoms with Gasteiger partial charge in [0.2, 0.25) is 5.91 Å². The third-order valence-electron chi connectivity index (χ3n) is 5.58. The Kier molecular flexibility index (Phi) is 5.38. The second-order valence-corrected chi connectivity index (χ2v) is 8.38. The fourth-order valence-electron chi connectivity index (χ4n) is 4.29. The van der Waals surface area contributed by atoms with E-state index in [4.69, 9.17) is 23.2 Å². The molecule has 6 nitrogen and oxygen atoms in total. The number of benzene rings is 2. The van der Waals surface area contributed by atoms with E-state index in [-0.39, 0.29) is 29.5 Å². The highest BCUT2D eigenvalue weighted by atomic mass is 35.5. The molecule has 4 rings (SSSR count). The van der Waals surface area contributed by atoms with Gasteiger partial charge in [0.1, 0.15) is 5.69 Å². The van der Waals surface area contributed by atoms with Crippen LogP contribution < -0.4 is 4.90 Å². The minimum absolute atomic E-state index is 0.00302. The maximum absolute atomic E-state index is 13.3. The molecule has 1 unspecified atom stereocenters. The van der Waals surface area contributed by atoms with Gasteiger partial charge in [0, 0.05) is 46.1 Å². The molecule has 1 aliphatic heterocycles. The molecule has 0 saturated carbocycles. The first-order valence-electron chi connectivity index (χ1n) is 9.57. The summed E-state index contributed by atoms with van der Waals surface area (Å²) in [4.78, 5) is 38.7. The van der Waals surface area contributed by atoms with Gasteiger partial charge in [0.15, 0.2) is 5.78 Å². The Morgan fingerprint density at radius 3 is 2.57 bits per heavy atom. The molecule has 1 heterocycles. The van der Waals surface area contributed by atoms with Crippen LogP contribution in [0.1, 0.15) is 42.7 Å². The number of carbonyl (C=O) groups excluding carboxylic acids is 2. The molecule has 1 atom stereocenters. The third kappa shape index (κ3) is 3.50. The number of hydrogen-bond donors (Lipinski definition) is 0. The summed E-state index contributed by atoms with van der Waals surface area (Å²) in [6.07, 6.45) is 1.44. The number of amides is 1. The quantitative estimate of drug-likeness (QED) is 0.446. The number of carbonyl (C=O) groups is 2. The summed E-state index contributed by atoms with van der Waals surface area (Å²) in [7, 11) is 0. The van der Waals surface area contributed by atoms with Crippen LogP contribution >= 0.6 is 23.2 Å². The van der Waals surface area contributed by atoms with Crippen LogP contribution in [0.4, 0.5) is 11.4 Å². The first-order chi connectivity index (χ1) is 14.3. The molecular weight excluding hydrogens is 427 g/mol. The number of nitro groups is 1. The molecule has 154 valence electrons. The van der Waals surface area contributed by atoms with Gasteiger partial charge >= 0.3 is 0 Å². The summed E-state index contributed by atoms with van der Waals surface area (Å²) in [6, 6.07) is 9.74. The zero-order valence-electron chi connectivity index (χ0n) is 16.2. The molecule has 0 bridgehead atoms. The predicted octanol–water partition coefficient (Wildman–Crippen LogP) is 5.74. The topological polar surface area (TPSA) is 80.5 Å². The average molecular weight is 445 g/mol. The van der Waals surface area contributed by atoms with Gasteiger partial charge in [0.05, 0.1) is 4.92 Å². The van der Waals surface area contributed by atoms with Gasteiger partial charge in [0.25, 0.3) is 5.69 Å². The van der Waals surface area contributed by atoms with Crippen LogP contribution in [0.5, 0.6) is 0 Å². The zero-order valence-corrected chi connectivity index (χ0v) is 17.7. The largest absolute Gasteiger partial charge is 0.294 e. The van der Waals surface area contributed by atoms with Gasteiger partial charge in [-0.2, -0.15) is 0 Å². The number of Topliss-reactive ketones (excluding diaryl/α,β-unsaturated/α-hetero) is 1. The van der Waals surface area contributed by atoms with E-state index in [0.717, 1.165) is 5.56 Å². The molecule has 1 aliphatic carbocycles. The van der Waals surface area contributed by atoms with Crippen molar-refractivity contribution in [2.45, 2.75) is 38.5 Å². The molecule has 0 radical (unpaired) electrons. The number of rotatable bonds is 3. The molecule has 2 aliphatic rings. The second-order valence-electron chi connectivity index (χ2n) is 7.54. The highest BCUT2D eigenvalue weighted by Crippen LogP contribution is 2.46. The van der Waals surface area contributed by atoms with Crippen LogP contribution in [-0.2, 0) is 9.59 Å². The number of hydrogen-bond acceptors (Lipinski definition) is 4. The third-order valence-corrected chi connectivity index (χ3v) is 6.14.